The van der Waals surface area contributed by atoms with Crippen LogP contribution in [0, 0.1) is 6.92 Å². The molecule has 2 aromatic rings. The molecule has 0 saturated heterocycles. The molecule has 0 fully saturated rings. The van der Waals surface area contributed by atoms with Gasteiger partial charge in [0.15, 0.2) is 0 Å². The summed E-state index contributed by atoms with van der Waals surface area (Å²) in [5.74, 6) is 0. The first-order valence-electron chi connectivity index (χ1n) is 7.48. The predicted octanol–water partition coefficient (Wildman–Crippen LogP) is 4.04. The van der Waals surface area contributed by atoms with Crippen LogP contribution in [0.3, 0.4) is 0 Å². The fourth-order valence-corrected chi connectivity index (χ4v) is 2.40. The maximum absolute atomic E-state index is 4.33. The minimum absolute atomic E-state index is 0.230. The molecule has 106 valence electrons. The first kappa shape index (κ1) is 14.7. The second-order valence-corrected chi connectivity index (χ2v) is 5.28. The largest absolute Gasteiger partial charge is 0.306 e. The lowest BCUT2D eigenvalue weighted by Crippen LogP contribution is -2.23. The monoisotopic (exact) mass is 268 g/mol. The van der Waals surface area contributed by atoms with Crippen LogP contribution in [-0.2, 0) is 6.42 Å². The molecule has 0 aliphatic carbocycles. The van der Waals surface area contributed by atoms with Gasteiger partial charge >= 0.3 is 0 Å². The summed E-state index contributed by atoms with van der Waals surface area (Å²) in [7, 11) is 0. The first-order chi connectivity index (χ1) is 9.74. The molecule has 1 heterocycles. The molecule has 2 nitrogen and oxygen atoms in total. The average Bonchev–Trinajstić information content (AvgIpc) is 2.48. The van der Waals surface area contributed by atoms with Gasteiger partial charge in [-0.25, -0.2) is 0 Å². The summed E-state index contributed by atoms with van der Waals surface area (Å²) < 4.78 is 0. The molecule has 1 unspecified atom stereocenters. The number of pyridine rings is 1. The third-order valence-electron chi connectivity index (χ3n) is 3.55. The zero-order valence-corrected chi connectivity index (χ0v) is 12.7. The number of aromatic nitrogens is 1. The molecule has 0 spiro atoms. The molecule has 0 bridgehead atoms. The summed E-state index contributed by atoms with van der Waals surface area (Å²) in [4.78, 5) is 4.33. The topological polar surface area (TPSA) is 24.9 Å². The van der Waals surface area contributed by atoms with E-state index in [1.165, 1.54) is 22.3 Å². The summed E-state index contributed by atoms with van der Waals surface area (Å²) >= 11 is 0. The molecule has 0 radical (unpaired) electrons. The van der Waals surface area contributed by atoms with E-state index >= 15 is 0 Å². The van der Waals surface area contributed by atoms with Gasteiger partial charge in [0, 0.05) is 12.4 Å². The number of aryl methyl sites for hydroxylation is 2. The second-order valence-electron chi connectivity index (χ2n) is 5.28. The summed E-state index contributed by atoms with van der Waals surface area (Å²) in [5, 5.41) is 3.63. The molecule has 1 aromatic heterocycles. The second kappa shape index (κ2) is 7.20. The van der Waals surface area contributed by atoms with E-state index < -0.39 is 0 Å². The Kier molecular flexibility index (Phi) is 5.31. The van der Waals surface area contributed by atoms with Crippen LogP contribution in [0.2, 0.25) is 0 Å². The third-order valence-corrected chi connectivity index (χ3v) is 3.55. The van der Waals surface area contributed by atoms with Crippen molar-refractivity contribution in [3.8, 4) is 0 Å². The Labute approximate surface area is 122 Å². The van der Waals surface area contributed by atoms with E-state index in [-0.39, 0.29) is 6.04 Å². The van der Waals surface area contributed by atoms with E-state index in [1.54, 1.807) is 0 Å². The first-order valence-corrected chi connectivity index (χ1v) is 7.48. The Morgan fingerprint density at radius 3 is 2.40 bits per heavy atom. The maximum Gasteiger partial charge on any atom is 0.0592 e. The molecule has 1 aromatic carbocycles. The van der Waals surface area contributed by atoms with Gasteiger partial charge < -0.3 is 5.32 Å². The number of nitrogens with zero attached hydrogens (tertiary/aromatic N) is 1. The maximum atomic E-state index is 4.33. The van der Waals surface area contributed by atoms with Gasteiger partial charge in [0.1, 0.15) is 0 Å². The molecule has 0 aliphatic rings. The van der Waals surface area contributed by atoms with Crippen molar-refractivity contribution in [2.45, 2.75) is 39.7 Å². The lowest BCUT2D eigenvalue weighted by molar-refractivity contribution is 0.596. The van der Waals surface area contributed by atoms with Crippen LogP contribution in [0.5, 0.6) is 0 Å². The van der Waals surface area contributed by atoms with Crippen molar-refractivity contribution in [3.63, 3.8) is 0 Å². The molecule has 1 N–H and O–H groups in total. The van der Waals surface area contributed by atoms with Crippen LogP contribution < -0.4 is 5.32 Å². The molecule has 0 amide bonds. The number of hydrogen-bond acceptors (Lipinski definition) is 2. The van der Waals surface area contributed by atoms with Gasteiger partial charge in [-0.1, -0.05) is 44.2 Å². The van der Waals surface area contributed by atoms with Crippen LogP contribution in [-0.4, -0.2) is 11.5 Å². The lowest BCUT2D eigenvalue weighted by Gasteiger charge is -2.20. The van der Waals surface area contributed by atoms with E-state index in [9.17, 15) is 0 Å². The van der Waals surface area contributed by atoms with Crippen molar-refractivity contribution in [2.75, 3.05) is 6.54 Å². The van der Waals surface area contributed by atoms with Gasteiger partial charge in [-0.05, 0) is 48.6 Å². The highest BCUT2D eigenvalue weighted by Gasteiger charge is 2.13. The van der Waals surface area contributed by atoms with Crippen LogP contribution in [0.25, 0.3) is 0 Å². The Hall–Kier alpha value is -1.67. The minimum atomic E-state index is 0.230. The summed E-state index contributed by atoms with van der Waals surface area (Å²) in [6.45, 7) is 7.48. The van der Waals surface area contributed by atoms with Crippen molar-refractivity contribution in [3.05, 3.63) is 65.0 Å². The normalized spacial score (nSPS) is 12.3. The van der Waals surface area contributed by atoms with E-state index in [4.69, 9.17) is 0 Å². The zero-order valence-electron chi connectivity index (χ0n) is 12.7. The minimum Gasteiger partial charge on any atom is -0.306 e. The highest BCUT2D eigenvalue weighted by molar-refractivity contribution is 5.33. The van der Waals surface area contributed by atoms with Gasteiger partial charge in [-0.2, -0.15) is 0 Å². The summed E-state index contributed by atoms with van der Waals surface area (Å²) in [6.07, 6.45) is 6.08. The van der Waals surface area contributed by atoms with Crippen LogP contribution in [0.4, 0.5) is 0 Å². The van der Waals surface area contributed by atoms with Gasteiger partial charge in [0.2, 0.25) is 0 Å². The Morgan fingerprint density at radius 2 is 1.80 bits per heavy atom. The van der Waals surface area contributed by atoms with Gasteiger partial charge in [-0.15, -0.1) is 0 Å². The summed E-state index contributed by atoms with van der Waals surface area (Å²) in [5.41, 5.74) is 5.13. The van der Waals surface area contributed by atoms with E-state index in [1.807, 2.05) is 12.4 Å². The number of hydrogen-bond donors (Lipinski definition) is 1. The average molecular weight is 268 g/mol. The predicted molar refractivity (Wildman–Crippen MR) is 84.9 cm³/mol. The van der Waals surface area contributed by atoms with Crippen LogP contribution in [0.15, 0.2) is 42.7 Å². The molecular weight excluding hydrogens is 244 g/mol. The van der Waals surface area contributed by atoms with E-state index in [2.05, 4.69) is 61.4 Å². The van der Waals surface area contributed by atoms with Crippen molar-refractivity contribution in [1.29, 1.82) is 0 Å². The smallest absolute Gasteiger partial charge is 0.0592 e. The SMILES string of the molecule is CCCNC(c1ccc(CC)cc1)c1cncc(C)c1. The van der Waals surface area contributed by atoms with E-state index in [0.717, 1.165) is 19.4 Å². The molecule has 20 heavy (non-hydrogen) atoms. The fraction of sp³-hybridized carbons (Fsp3) is 0.389. The molecule has 0 saturated carbocycles. The van der Waals surface area contributed by atoms with Gasteiger partial charge in [0.25, 0.3) is 0 Å². The standard InChI is InChI=1S/C18H24N2/c1-4-10-20-18(17-11-14(3)12-19-13-17)16-8-6-15(5-2)7-9-16/h6-9,11-13,18,20H,4-5,10H2,1-3H3. The highest BCUT2D eigenvalue weighted by atomic mass is 14.9. The van der Waals surface area contributed by atoms with Crippen LogP contribution >= 0.6 is 0 Å². The molecule has 0 aliphatic heterocycles. The Morgan fingerprint density at radius 1 is 1.05 bits per heavy atom. The van der Waals surface area contributed by atoms with Gasteiger partial charge in [0.05, 0.1) is 6.04 Å². The van der Waals surface area contributed by atoms with Crippen molar-refractivity contribution in [2.24, 2.45) is 0 Å². The highest BCUT2D eigenvalue weighted by Crippen LogP contribution is 2.22. The Balaban J connectivity index is 2.30. The van der Waals surface area contributed by atoms with Crippen molar-refractivity contribution in [1.82, 2.24) is 10.3 Å². The van der Waals surface area contributed by atoms with Crippen molar-refractivity contribution >= 4 is 0 Å². The zero-order chi connectivity index (χ0) is 14.4. The van der Waals surface area contributed by atoms with Crippen LogP contribution in [0.1, 0.15) is 48.6 Å². The quantitative estimate of drug-likeness (QED) is 0.855. The third kappa shape index (κ3) is 3.67. The Bertz CT molecular complexity index is 531. The summed E-state index contributed by atoms with van der Waals surface area (Å²) in [6, 6.07) is 11.4. The number of rotatable bonds is 6. The van der Waals surface area contributed by atoms with E-state index in [0.29, 0.717) is 0 Å². The molecule has 1 atom stereocenters. The van der Waals surface area contributed by atoms with Crippen molar-refractivity contribution < 1.29 is 0 Å². The molecular formula is C18H24N2. The molecule has 2 rings (SSSR count). The lowest BCUT2D eigenvalue weighted by atomic mass is 9.97. The number of nitrogens with one attached hydrogen (secondary N) is 1. The molecule has 2 heteroatoms. The number of benzene rings is 1. The van der Waals surface area contributed by atoms with Gasteiger partial charge in [-0.3, -0.25) is 4.98 Å². The fourth-order valence-electron chi connectivity index (χ4n) is 2.40.